The third-order valence-electron chi connectivity index (χ3n) is 1.79. The van der Waals surface area contributed by atoms with Gasteiger partial charge in [0, 0.05) is 13.0 Å². The van der Waals surface area contributed by atoms with Crippen molar-refractivity contribution in [3.8, 4) is 0 Å². The molecule has 0 aliphatic carbocycles. The van der Waals surface area contributed by atoms with E-state index in [0.29, 0.717) is 19.6 Å². The van der Waals surface area contributed by atoms with Crippen molar-refractivity contribution in [3.05, 3.63) is 12.7 Å². The molecule has 0 aliphatic heterocycles. The molecule has 0 atom stereocenters. The van der Waals surface area contributed by atoms with Crippen LogP contribution in [0.15, 0.2) is 12.7 Å². The van der Waals surface area contributed by atoms with Gasteiger partial charge >= 0.3 is 5.97 Å². The summed E-state index contributed by atoms with van der Waals surface area (Å²) >= 11 is 0. The Balaban J connectivity index is 4.19. The normalized spacial score (nSPS) is 9.47. The molecule has 4 nitrogen and oxygen atoms in total. The summed E-state index contributed by atoms with van der Waals surface area (Å²) in [5.74, 6) is -0.408. The SMILES string of the molecule is C=CCN(CC(=O)OCC)C(=O)CCC. The second-order valence-electron chi connectivity index (χ2n) is 3.12. The smallest absolute Gasteiger partial charge is 0.325 e. The van der Waals surface area contributed by atoms with E-state index in [0.717, 1.165) is 6.42 Å². The highest BCUT2D eigenvalue weighted by molar-refractivity contribution is 5.82. The van der Waals surface area contributed by atoms with Gasteiger partial charge in [0.15, 0.2) is 0 Å². The lowest BCUT2D eigenvalue weighted by Crippen LogP contribution is -2.36. The van der Waals surface area contributed by atoms with E-state index in [1.54, 1.807) is 13.0 Å². The first-order valence-electron chi connectivity index (χ1n) is 5.19. The van der Waals surface area contributed by atoms with Crippen LogP contribution < -0.4 is 0 Å². The average molecular weight is 213 g/mol. The van der Waals surface area contributed by atoms with E-state index < -0.39 is 0 Å². The van der Waals surface area contributed by atoms with Crippen LogP contribution in [0.2, 0.25) is 0 Å². The lowest BCUT2D eigenvalue weighted by molar-refractivity contribution is -0.148. The van der Waals surface area contributed by atoms with Gasteiger partial charge in [0.05, 0.1) is 6.61 Å². The van der Waals surface area contributed by atoms with Crippen molar-refractivity contribution in [2.45, 2.75) is 26.7 Å². The molecule has 0 heterocycles. The number of carbonyl (C=O) groups is 2. The molecule has 0 aromatic carbocycles. The van der Waals surface area contributed by atoms with E-state index in [1.165, 1.54) is 4.90 Å². The van der Waals surface area contributed by atoms with Gasteiger partial charge < -0.3 is 9.64 Å². The number of hydrogen-bond acceptors (Lipinski definition) is 3. The predicted molar refractivity (Wildman–Crippen MR) is 58.3 cm³/mol. The maximum Gasteiger partial charge on any atom is 0.325 e. The standard InChI is InChI=1S/C11H19NO3/c1-4-7-10(13)12(8-5-2)9-11(14)15-6-3/h5H,2,4,6-9H2,1,3H3. The van der Waals surface area contributed by atoms with Crippen LogP contribution in [0.3, 0.4) is 0 Å². The molecular formula is C11H19NO3. The molecule has 0 saturated carbocycles. The van der Waals surface area contributed by atoms with Crippen molar-refractivity contribution in [2.24, 2.45) is 0 Å². The summed E-state index contributed by atoms with van der Waals surface area (Å²) in [7, 11) is 0. The van der Waals surface area contributed by atoms with Gasteiger partial charge in [-0.3, -0.25) is 9.59 Å². The Morgan fingerprint density at radius 3 is 2.53 bits per heavy atom. The van der Waals surface area contributed by atoms with Gasteiger partial charge in [0.1, 0.15) is 6.54 Å². The topological polar surface area (TPSA) is 46.6 Å². The first-order valence-corrected chi connectivity index (χ1v) is 5.19. The molecule has 0 aliphatic rings. The van der Waals surface area contributed by atoms with Crippen LogP contribution in [0.1, 0.15) is 26.7 Å². The number of hydrogen-bond donors (Lipinski definition) is 0. The molecule has 0 unspecified atom stereocenters. The van der Waals surface area contributed by atoms with Gasteiger partial charge in [-0.05, 0) is 13.3 Å². The fourth-order valence-electron chi connectivity index (χ4n) is 1.14. The molecule has 1 amide bonds. The zero-order valence-electron chi connectivity index (χ0n) is 9.49. The molecule has 0 fully saturated rings. The van der Waals surface area contributed by atoms with Crippen LogP contribution in [0, 0.1) is 0 Å². The van der Waals surface area contributed by atoms with Crippen molar-refractivity contribution in [1.82, 2.24) is 4.90 Å². The number of amides is 1. The number of carbonyl (C=O) groups excluding carboxylic acids is 2. The highest BCUT2D eigenvalue weighted by atomic mass is 16.5. The maximum atomic E-state index is 11.5. The second kappa shape index (κ2) is 8.03. The lowest BCUT2D eigenvalue weighted by atomic mass is 10.3. The minimum absolute atomic E-state index is 0.0126. The van der Waals surface area contributed by atoms with E-state index in [4.69, 9.17) is 4.74 Å². The van der Waals surface area contributed by atoms with E-state index in [2.05, 4.69) is 6.58 Å². The molecule has 0 spiro atoms. The monoisotopic (exact) mass is 213 g/mol. The zero-order valence-corrected chi connectivity index (χ0v) is 9.49. The summed E-state index contributed by atoms with van der Waals surface area (Å²) in [5.41, 5.74) is 0. The summed E-state index contributed by atoms with van der Waals surface area (Å²) in [6.45, 7) is 7.95. The molecule has 86 valence electrons. The number of nitrogens with zero attached hydrogens (tertiary/aromatic N) is 1. The van der Waals surface area contributed by atoms with Crippen molar-refractivity contribution in [1.29, 1.82) is 0 Å². The molecule has 0 rings (SSSR count). The molecular weight excluding hydrogens is 194 g/mol. The van der Waals surface area contributed by atoms with Gasteiger partial charge in [-0.1, -0.05) is 13.0 Å². The minimum Gasteiger partial charge on any atom is -0.465 e. The summed E-state index contributed by atoms with van der Waals surface area (Å²) in [6.07, 6.45) is 2.83. The van der Waals surface area contributed by atoms with Gasteiger partial charge in [-0.25, -0.2) is 0 Å². The lowest BCUT2D eigenvalue weighted by Gasteiger charge is -2.19. The second-order valence-corrected chi connectivity index (χ2v) is 3.12. The van der Waals surface area contributed by atoms with Crippen LogP contribution in [0.4, 0.5) is 0 Å². The highest BCUT2D eigenvalue weighted by Gasteiger charge is 2.15. The van der Waals surface area contributed by atoms with Crippen LogP contribution in [-0.4, -0.2) is 36.5 Å². The van der Waals surface area contributed by atoms with E-state index in [1.807, 2.05) is 6.92 Å². The molecule has 0 aromatic rings. The quantitative estimate of drug-likeness (QED) is 0.474. The van der Waals surface area contributed by atoms with Gasteiger partial charge in [0.2, 0.25) is 5.91 Å². The Labute approximate surface area is 90.9 Å². The summed E-state index contributed by atoms with van der Waals surface area (Å²) < 4.78 is 4.78. The van der Waals surface area contributed by atoms with Crippen LogP contribution >= 0.6 is 0 Å². The van der Waals surface area contributed by atoms with E-state index >= 15 is 0 Å². The van der Waals surface area contributed by atoms with Crippen molar-refractivity contribution >= 4 is 11.9 Å². The third kappa shape index (κ3) is 5.88. The number of rotatable bonds is 7. The fraction of sp³-hybridized carbons (Fsp3) is 0.636. The largest absolute Gasteiger partial charge is 0.465 e. The van der Waals surface area contributed by atoms with Crippen molar-refractivity contribution < 1.29 is 14.3 Å². The van der Waals surface area contributed by atoms with Gasteiger partial charge in [-0.15, -0.1) is 6.58 Å². The Morgan fingerprint density at radius 1 is 1.40 bits per heavy atom. The van der Waals surface area contributed by atoms with Crippen molar-refractivity contribution in [3.63, 3.8) is 0 Å². The Bertz CT molecular complexity index is 226. The van der Waals surface area contributed by atoms with Gasteiger partial charge in [-0.2, -0.15) is 0 Å². The Kier molecular flexibility index (Phi) is 7.32. The predicted octanol–water partition coefficient (Wildman–Crippen LogP) is 1.36. The molecule has 0 saturated heterocycles. The summed E-state index contributed by atoms with van der Waals surface area (Å²) in [6, 6.07) is 0. The molecule has 0 N–H and O–H groups in total. The Hall–Kier alpha value is -1.32. The van der Waals surface area contributed by atoms with Crippen LogP contribution in [0.5, 0.6) is 0 Å². The molecule has 0 radical (unpaired) electrons. The highest BCUT2D eigenvalue weighted by Crippen LogP contribution is 1.98. The van der Waals surface area contributed by atoms with Crippen LogP contribution in [-0.2, 0) is 14.3 Å². The minimum atomic E-state index is -0.371. The zero-order chi connectivity index (χ0) is 11.7. The molecule has 0 aromatic heterocycles. The Morgan fingerprint density at radius 2 is 2.07 bits per heavy atom. The average Bonchev–Trinajstić information content (AvgIpc) is 2.18. The van der Waals surface area contributed by atoms with Crippen LogP contribution in [0.25, 0.3) is 0 Å². The molecule has 15 heavy (non-hydrogen) atoms. The number of esters is 1. The third-order valence-corrected chi connectivity index (χ3v) is 1.79. The summed E-state index contributed by atoms with van der Waals surface area (Å²) in [5, 5.41) is 0. The summed E-state index contributed by atoms with van der Waals surface area (Å²) in [4.78, 5) is 24.2. The molecule has 4 heteroatoms. The first kappa shape index (κ1) is 13.7. The first-order chi connectivity index (χ1) is 7.15. The van der Waals surface area contributed by atoms with E-state index in [-0.39, 0.29) is 18.4 Å². The van der Waals surface area contributed by atoms with Gasteiger partial charge in [0.25, 0.3) is 0 Å². The van der Waals surface area contributed by atoms with Crippen molar-refractivity contribution in [2.75, 3.05) is 19.7 Å². The number of ether oxygens (including phenoxy) is 1. The van der Waals surface area contributed by atoms with E-state index in [9.17, 15) is 9.59 Å². The fourth-order valence-corrected chi connectivity index (χ4v) is 1.14. The maximum absolute atomic E-state index is 11.5. The molecule has 0 bridgehead atoms.